The lowest BCUT2D eigenvalue weighted by atomic mass is 9.80. The molecule has 82 valence electrons. The Morgan fingerprint density at radius 1 is 1.27 bits per heavy atom. The maximum Gasteiger partial charge on any atom is 0.0295 e. The van der Waals surface area contributed by atoms with Gasteiger partial charge in [-0.15, -0.1) is 0 Å². The van der Waals surface area contributed by atoms with Crippen molar-refractivity contribution >= 4 is 0 Å². The van der Waals surface area contributed by atoms with Crippen LogP contribution in [0.2, 0.25) is 0 Å². The Hall–Kier alpha value is -0.890. The standard InChI is InChI=1S/C13H20N2/c1-10(12-4-3-5-12)15-11(2)13-6-8-14-9-7-13/h6-12,15H,3-5H2,1-2H3. The second kappa shape index (κ2) is 4.75. The molecule has 15 heavy (non-hydrogen) atoms. The Labute approximate surface area is 92.1 Å². The van der Waals surface area contributed by atoms with Crippen molar-refractivity contribution in [3.8, 4) is 0 Å². The lowest BCUT2D eigenvalue weighted by Crippen LogP contribution is -2.38. The summed E-state index contributed by atoms with van der Waals surface area (Å²) in [7, 11) is 0. The minimum Gasteiger partial charge on any atom is -0.307 e. The lowest BCUT2D eigenvalue weighted by Gasteiger charge is -2.34. The summed E-state index contributed by atoms with van der Waals surface area (Å²) in [6.07, 6.45) is 7.94. The first-order valence-corrected chi connectivity index (χ1v) is 5.93. The van der Waals surface area contributed by atoms with Gasteiger partial charge in [-0.05, 0) is 50.3 Å². The van der Waals surface area contributed by atoms with Gasteiger partial charge in [-0.1, -0.05) is 6.42 Å². The molecule has 1 N–H and O–H groups in total. The van der Waals surface area contributed by atoms with Gasteiger partial charge in [0.15, 0.2) is 0 Å². The Morgan fingerprint density at radius 3 is 2.47 bits per heavy atom. The van der Waals surface area contributed by atoms with Crippen molar-refractivity contribution in [2.45, 2.75) is 45.2 Å². The molecule has 2 heteroatoms. The molecule has 1 aromatic rings. The van der Waals surface area contributed by atoms with Gasteiger partial charge in [0.25, 0.3) is 0 Å². The third-order valence-corrected chi connectivity index (χ3v) is 3.58. The number of hydrogen-bond acceptors (Lipinski definition) is 2. The molecule has 1 aromatic heterocycles. The number of nitrogens with zero attached hydrogens (tertiary/aromatic N) is 1. The highest BCUT2D eigenvalue weighted by molar-refractivity contribution is 5.14. The van der Waals surface area contributed by atoms with Crippen LogP contribution in [0.4, 0.5) is 0 Å². The molecule has 2 nitrogen and oxygen atoms in total. The normalized spacial score (nSPS) is 20.7. The second-order valence-corrected chi connectivity index (χ2v) is 4.65. The van der Waals surface area contributed by atoms with Gasteiger partial charge < -0.3 is 5.32 Å². The fourth-order valence-corrected chi connectivity index (χ4v) is 2.22. The first kappa shape index (κ1) is 10.6. The van der Waals surface area contributed by atoms with Crippen molar-refractivity contribution in [1.82, 2.24) is 10.3 Å². The zero-order valence-electron chi connectivity index (χ0n) is 9.61. The predicted octanol–water partition coefficient (Wildman–Crippen LogP) is 2.92. The highest BCUT2D eigenvalue weighted by Gasteiger charge is 2.24. The van der Waals surface area contributed by atoms with Crippen LogP contribution in [0.25, 0.3) is 0 Å². The molecule has 1 fully saturated rings. The zero-order chi connectivity index (χ0) is 10.7. The van der Waals surface area contributed by atoms with E-state index < -0.39 is 0 Å². The van der Waals surface area contributed by atoms with E-state index in [1.807, 2.05) is 12.4 Å². The number of hydrogen-bond donors (Lipinski definition) is 1. The molecule has 2 atom stereocenters. The molecule has 1 aliphatic carbocycles. The second-order valence-electron chi connectivity index (χ2n) is 4.65. The fraction of sp³-hybridized carbons (Fsp3) is 0.615. The van der Waals surface area contributed by atoms with E-state index in [-0.39, 0.29) is 0 Å². The lowest BCUT2D eigenvalue weighted by molar-refractivity contribution is 0.229. The van der Waals surface area contributed by atoms with Crippen molar-refractivity contribution < 1.29 is 0 Å². The van der Waals surface area contributed by atoms with Crippen LogP contribution in [0.1, 0.15) is 44.7 Å². The van der Waals surface area contributed by atoms with E-state index >= 15 is 0 Å². The molecule has 0 amide bonds. The first-order chi connectivity index (χ1) is 7.27. The molecule has 2 unspecified atom stereocenters. The van der Waals surface area contributed by atoms with Crippen LogP contribution in [0.3, 0.4) is 0 Å². The first-order valence-electron chi connectivity index (χ1n) is 5.93. The van der Waals surface area contributed by atoms with Crippen LogP contribution in [0, 0.1) is 5.92 Å². The van der Waals surface area contributed by atoms with Gasteiger partial charge in [0, 0.05) is 24.5 Å². The van der Waals surface area contributed by atoms with E-state index in [0.29, 0.717) is 12.1 Å². The van der Waals surface area contributed by atoms with Gasteiger partial charge in [0.1, 0.15) is 0 Å². The maximum atomic E-state index is 4.04. The molecule has 1 saturated carbocycles. The largest absolute Gasteiger partial charge is 0.307 e. The average molecular weight is 204 g/mol. The van der Waals surface area contributed by atoms with Crippen molar-refractivity contribution in [3.63, 3.8) is 0 Å². The summed E-state index contributed by atoms with van der Waals surface area (Å²) >= 11 is 0. The van der Waals surface area contributed by atoms with Gasteiger partial charge >= 0.3 is 0 Å². The summed E-state index contributed by atoms with van der Waals surface area (Å²) in [6.45, 7) is 4.53. The average Bonchev–Trinajstić information content (AvgIpc) is 2.16. The Morgan fingerprint density at radius 2 is 1.93 bits per heavy atom. The van der Waals surface area contributed by atoms with Gasteiger partial charge in [-0.25, -0.2) is 0 Å². The summed E-state index contributed by atoms with van der Waals surface area (Å²) in [5.41, 5.74) is 1.33. The molecule has 0 bridgehead atoms. The smallest absolute Gasteiger partial charge is 0.0295 e. The molecule has 0 saturated heterocycles. The van der Waals surface area contributed by atoms with Gasteiger partial charge in [-0.3, -0.25) is 4.98 Å². The number of pyridine rings is 1. The molecular formula is C13H20N2. The monoisotopic (exact) mass is 204 g/mol. The third kappa shape index (κ3) is 2.57. The van der Waals surface area contributed by atoms with Crippen LogP contribution >= 0.6 is 0 Å². The highest BCUT2D eigenvalue weighted by Crippen LogP contribution is 2.30. The third-order valence-electron chi connectivity index (χ3n) is 3.58. The van der Waals surface area contributed by atoms with Crippen LogP contribution in [-0.2, 0) is 0 Å². The minimum absolute atomic E-state index is 0.434. The van der Waals surface area contributed by atoms with Crippen LogP contribution in [0.15, 0.2) is 24.5 Å². The Kier molecular flexibility index (Phi) is 3.37. The van der Waals surface area contributed by atoms with E-state index in [1.165, 1.54) is 24.8 Å². The molecule has 2 rings (SSSR count). The molecule has 0 spiro atoms. The SMILES string of the molecule is CC(NC(C)C1CCC1)c1ccncc1. The zero-order valence-corrected chi connectivity index (χ0v) is 9.61. The van der Waals surface area contributed by atoms with Crippen molar-refractivity contribution in [3.05, 3.63) is 30.1 Å². The molecule has 0 aliphatic heterocycles. The number of nitrogens with one attached hydrogen (secondary N) is 1. The Bertz CT molecular complexity index is 293. The van der Waals surface area contributed by atoms with Crippen LogP contribution in [0.5, 0.6) is 0 Å². The summed E-state index contributed by atoms with van der Waals surface area (Å²) < 4.78 is 0. The summed E-state index contributed by atoms with van der Waals surface area (Å²) in [6, 6.07) is 5.25. The van der Waals surface area contributed by atoms with E-state index in [9.17, 15) is 0 Å². The van der Waals surface area contributed by atoms with Gasteiger partial charge in [0.05, 0.1) is 0 Å². The van der Waals surface area contributed by atoms with Crippen molar-refractivity contribution in [2.24, 2.45) is 5.92 Å². The van der Waals surface area contributed by atoms with Crippen molar-refractivity contribution in [2.75, 3.05) is 0 Å². The molecule has 0 aromatic carbocycles. The molecule has 1 heterocycles. The van der Waals surface area contributed by atoms with Gasteiger partial charge in [0.2, 0.25) is 0 Å². The quantitative estimate of drug-likeness (QED) is 0.815. The number of rotatable bonds is 4. The summed E-state index contributed by atoms with van der Waals surface area (Å²) in [5.74, 6) is 0.897. The van der Waals surface area contributed by atoms with Gasteiger partial charge in [-0.2, -0.15) is 0 Å². The predicted molar refractivity (Wildman–Crippen MR) is 62.6 cm³/mol. The molecule has 0 radical (unpaired) electrons. The van der Waals surface area contributed by atoms with E-state index in [1.54, 1.807) is 0 Å². The molecule has 1 aliphatic rings. The highest BCUT2D eigenvalue weighted by atomic mass is 14.9. The van der Waals surface area contributed by atoms with Crippen molar-refractivity contribution in [1.29, 1.82) is 0 Å². The minimum atomic E-state index is 0.434. The maximum absolute atomic E-state index is 4.04. The fourth-order valence-electron chi connectivity index (χ4n) is 2.22. The molecular weight excluding hydrogens is 184 g/mol. The van der Waals surface area contributed by atoms with Crippen LogP contribution < -0.4 is 5.32 Å². The van der Waals surface area contributed by atoms with E-state index in [4.69, 9.17) is 0 Å². The van der Waals surface area contributed by atoms with Crippen LogP contribution in [-0.4, -0.2) is 11.0 Å². The van der Waals surface area contributed by atoms with E-state index in [0.717, 1.165) is 5.92 Å². The topological polar surface area (TPSA) is 24.9 Å². The van der Waals surface area contributed by atoms with E-state index in [2.05, 4.69) is 36.3 Å². The Balaban J connectivity index is 1.88. The summed E-state index contributed by atoms with van der Waals surface area (Å²) in [5, 5.41) is 3.67. The number of aromatic nitrogens is 1. The summed E-state index contributed by atoms with van der Waals surface area (Å²) in [4.78, 5) is 4.04.